The van der Waals surface area contributed by atoms with E-state index >= 15 is 0 Å². The molecular weight excluding hydrogens is 661 g/mol. The van der Waals surface area contributed by atoms with Crippen molar-refractivity contribution in [1.29, 1.82) is 0 Å². The summed E-state index contributed by atoms with van der Waals surface area (Å²) in [5.74, 6) is 1.09. The fraction of sp³-hybridized carbons (Fsp3) is 0.500. The molecule has 258 valence electrons. The topological polar surface area (TPSA) is 15.7 Å². The molecule has 1 aliphatic rings. The zero-order valence-electron chi connectivity index (χ0n) is 32.8. The zero-order valence-corrected chi connectivity index (χ0v) is 35.6. The molecule has 0 aliphatic heterocycles. The molecule has 0 heterocycles. The summed E-state index contributed by atoms with van der Waals surface area (Å²) < 4.78 is 10.6. The van der Waals surface area contributed by atoms with Crippen molar-refractivity contribution in [2.24, 2.45) is 5.41 Å². The van der Waals surface area contributed by atoms with Gasteiger partial charge in [0.2, 0.25) is 0 Å². The van der Waals surface area contributed by atoms with E-state index in [9.17, 15) is 0 Å². The summed E-state index contributed by atoms with van der Waals surface area (Å²) in [6.07, 6.45) is 5.78. The van der Waals surface area contributed by atoms with Crippen molar-refractivity contribution in [2.45, 2.75) is 98.9 Å². The van der Waals surface area contributed by atoms with Crippen LogP contribution < -0.4 is 14.5 Å². The van der Waals surface area contributed by atoms with Gasteiger partial charge in [0, 0.05) is 0 Å². The van der Waals surface area contributed by atoms with E-state index in [4.69, 9.17) is 4.74 Å². The van der Waals surface area contributed by atoms with Gasteiger partial charge in [-0.25, -0.2) is 0 Å². The maximum atomic E-state index is 6.46. The molecule has 0 N–H and O–H groups in total. The Balaban J connectivity index is 2.11. The Morgan fingerprint density at radius 2 is 1.19 bits per heavy atom. The van der Waals surface area contributed by atoms with Crippen molar-refractivity contribution < 1.29 is 32.2 Å². The molecule has 3 nitrogen and oxygen atoms in total. The molecule has 0 radical (unpaired) electrons. The quantitative estimate of drug-likeness (QED) is 0.185. The molecule has 0 saturated heterocycles. The molecule has 3 aromatic carbocycles. The van der Waals surface area contributed by atoms with Gasteiger partial charge in [-0.2, -0.15) is 0 Å². The predicted molar refractivity (Wildman–Crippen MR) is 207 cm³/mol. The third kappa shape index (κ3) is 7.84. The Morgan fingerprint density at radius 3 is 1.60 bits per heavy atom. The molecule has 0 saturated carbocycles. The number of rotatable bonds is 12. The van der Waals surface area contributed by atoms with Gasteiger partial charge in [0.1, 0.15) is 0 Å². The molecule has 0 aromatic heterocycles. The number of nitrogens with zero attached hydrogens (tertiary/aromatic N) is 2. The number of para-hydroxylation sites is 2. The van der Waals surface area contributed by atoms with Crippen molar-refractivity contribution in [1.82, 2.24) is 0 Å². The van der Waals surface area contributed by atoms with Gasteiger partial charge in [-0.1, -0.05) is 0 Å². The van der Waals surface area contributed by atoms with E-state index in [2.05, 4.69) is 167 Å². The van der Waals surface area contributed by atoms with Gasteiger partial charge in [-0.15, -0.1) is 0 Å². The van der Waals surface area contributed by atoms with Gasteiger partial charge in [-0.05, 0) is 0 Å². The molecule has 0 atom stereocenters. The van der Waals surface area contributed by atoms with Crippen molar-refractivity contribution in [3.63, 3.8) is 0 Å². The number of anilines is 2. The molecule has 3 aromatic rings. The van der Waals surface area contributed by atoms with Gasteiger partial charge in [0.15, 0.2) is 0 Å². The van der Waals surface area contributed by atoms with Gasteiger partial charge < -0.3 is 0 Å². The second-order valence-corrected chi connectivity index (χ2v) is 23.4. The van der Waals surface area contributed by atoms with E-state index in [1.165, 1.54) is 45.7 Å². The Morgan fingerprint density at radius 1 is 0.708 bits per heavy atom. The Labute approximate surface area is 304 Å². The van der Waals surface area contributed by atoms with Crippen molar-refractivity contribution in [2.75, 3.05) is 45.1 Å². The average Bonchev–Trinajstić information content (AvgIpc) is 3.48. The number of hydrogen-bond donors (Lipinski definition) is 0. The van der Waals surface area contributed by atoms with E-state index in [0.29, 0.717) is 0 Å². The van der Waals surface area contributed by atoms with Crippen LogP contribution in [0.5, 0.6) is 5.75 Å². The summed E-state index contributed by atoms with van der Waals surface area (Å²) in [6, 6.07) is 23.1. The summed E-state index contributed by atoms with van der Waals surface area (Å²) in [4.78, 5) is 4.62. The van der Waals surface area contributed by atoms with Crippen LogP contribution in [0.2, 0.25) is 0 Å². The third-order valence-electron chi connectivity index (χ3n) is 10.8. The van der Waals surface area contributed by atoms with Crippen LogP contribution in [0.15, 0.2) is 80.3 Å². The third-order valence-corrected chi connectivity index (χ3v) is 19.0. The molecule has 0 bridgehead atoms. The summed E-state index contributed by atoms with van der Waals surface area (Å²) in [6.45, 7) is 21.4. The van der Waals surface area contributed by atoms with Crippen LogP contribution >= 0.6 is 0 Å². The summed E-state index contributed by atoms with van der Waals surface area (Å²) >= 11 is -2.74. The first kappa shape index (κ1) is 38.4. The van der Waals surface area contributed by atoms with Crippen LogP contribution in [-0.4, -0.2) is 35.3 Å². The van der Waals surface area contributed by atoms with E-state index in [1.54, 1.807) is 13.5 Å². The van der Waals surface area contributed by atoms with Gasteiger partial charge in [0.05, 0.1) is 0 Å². The van der Waals surface area contributed by atoms with E-state index in [0.717, 1.165) is 25.0 Å². The Bertz CT molecular complexity index is 1590. The second-order valence-electron chi connectivity index (χ2n) is 16.5. The molecule has 0 spiro atoms. The van der Waals surface area contributed by atoms with Crippen LogP contribution in [-0.2, 0) is 44.7 Å². The minimum absolute atomic E-state index is 0.0193. The molecule has 0 unspecified atom stereocenters. The van der Waals surface area contributed by atoms with Crippen LogP contribution in [0.1, 0.15) is 102 Å². The predicted octanol–water partition coefficient (Wildman–Crippen LogP) is 11.1. The first-order valence-corrected chi connectivity index (χ1v) is 23.6. The zero-order chi connectivity index (χ0) is 35.6. The monoisotopic (exact) mass is 724 g/mol. The van der Waals surface area contributed by atoms with E-state index < -0.39 is 27.4 Å². The second kappa shape index (κ2) is 15.3. The molecule has 0 fully saturated rings. The number of aryl methyl sites for hydroxylation is 1. The van der Waals surface area contributed by atoms with Crippen LogP contribution in [0.25, 0.3) is 0 Å². The summed E-state index contributed by atoms with van der Waals surface area (Å²) in [5, 5.41) is 0. The van der Waals surface area contributed by atoms with Crippen molar-refractivity contribution in [3.05, 3.63) is 108 Å². The molecule has 48 heavy (non-hydrogen) atoms. The minimum atomic E-state index is -2.74. The first-order valence-electron chi connectivity index (χ1n) is 18.1. The van der Waals surface area contributed by atoms with Gasteiger partial charge >= 0.3 is 307 Å². The Kier molecular flexibility index (Phi) is 12.2. The number of allylic oxidation sites excluding steroid dienone is 4. The number of ether oxygens (including phenoxy) is 1. The SMILES string of the molecule is CCC(CC)(C1=[C]([Y]([CH2]c2ccccc2N(C)C)[CH2]c2ccccc2N(C)C)C(C(C)(C)C)=CC1)c1cc(C)cc(C(C)(C)C)c1OC. The van der Waals surface area contributed by atoms with Crippen LogP contribution in [0, 0.1) is 12.3 Å². The molecule has 0 amide bonds. The molecule has 4 rings (SSSR count). The summed E-state index contributed by atoms with van der Waals surface area (Å²) in [5.41, 5.74) is 13.0. The van der Waals surface area contributed by atoms with Crippen molar-refractivity contribution in [3.8, 4) is 5.75 Å². The van der Waals surface area contributed by atoms with Gasteiger partial charge in [-0.3, -0.25) is 0 Å². The fourth-order valence-electron chi connectivity index (χ4n) is 8.39. The normalized spacial score (nSPS) is 13.9. The number of benzene rings is 3. The number of methoxy groups -OCH3 is 1. The number of hydrogen-bond acceptors (Lipinski definition) is 3. The fourth-order valence-corrected chi connectivity index (χ4v) is 18.7. The van der Waals surface area contributed by atoms with E-state index in [-0.39, 0.29) is 16.2 Å². The standard InChI is InChI=1S/C26H39O.2C9H12N.Y/c1-11-26(12-2,20-14-13-19(17-20)24(4,5)6)22-16-18(3)15-21(23(22)27-10)25(7,8)9;2*1-8-6-4-5-7-9(8)10(2)3;/h13,15-16H,11-12,14H2,1-10H3;2*4-7H,1H2,2-3H3;. The van der Waals surface area contributed by atoms with Gasteiger partial charge in [0.25, 0.3) is 0 Å². The average molecular weight is 725 g/mol. The van der Waals surface area contributed by atoms with Crippen molar-refractivity contribution >= 4 is 11.4 Å². The first-order chi connectivity index (χ1) is 22.5. The Hall–Kier alpha value is -2.36. The summed E-state index contributed by atoms with van der Waals surface area (Å²) in [7, 11) is 10.7. The molecule has 1 aliphatic carbocycles. The van der Waals surface area contributed by atoms with Crippen LogP contribution in [0.3, 0.4) is 0 Å². The molecular formula is C44H63N2OY. The molecule has 4 heteroatoms. The van der Waals surface area contributed by atoms with Crippen LogP contribution in [0.4, 0.5) is 11.4 Å². The maximum absolute atomic E-state index is 6.46. The van der Waals surface area contributed by atoms with E-state index in [1.807, 2.05) is 7.11 Å².